The molecule has 1 amide bonds. The standard InChI is InChI=1S/C22H23NO6/c1-4-28-19(24)12-13-20(25)29-21(16-8-6-5-7-9-16)22(26)23-17-14-15(2)10-11-18(17)27-3/h5-14,21H,4H2,1-3H3,(H,23,26)/b13-12+/t21-/m0/s1. The first kappa shape index (κ1) is 21.7. The Morgan fingerprint density at radius 2 is 1.72 bits per heavy atom. The molecule has 0 unspecified atom stereocenters. The quantitative estimate of drug-likeness (QED) is 0.543. The van der Waals surface area contributed by atoms with Crippen molar-refractivity contribution in [3.8, 4) is 5.75 Å². The fraction of sp³-hybridized carbons (Fsp3) is 0.227. The molecule has 0 saturated heterocycles. The summed E-state index contributed by atoms with van der Waals surface area (Å²) in [6, 6.07) is 13.9. The summed E-state index contributed by atoms with van der Waals surface area (Å²) in [4.78, 5) is 36.4. The number of carbonyl (C=O) groups is 3. The van der Waals surface area contributed by atoms with E-state index in [1.807, 2.05) is 13.0 Å². The van der Waals surface area contributed by atoms with Crippen molar-refractivity contribution in [1.82, 2.24) is 0 Å². The largest absolute Gasteiger partial charge is 0.495 e. The van der Waals surface area contributed by atoms with Gasteiger partial charge in [-0.25, -0.2) is 9.59 Å². The molecule has 0 fully saturated rings. The maximum absolute atomic E-state index is 12.9. The number of ether oxygens (including phenoxy) is 3. The van der Waals surface area contributed by atoms with Gasteiger partial charge in [0.25, 0.3) is 5.91 Å². The summed E-state index contributed by atoms with van der Waals surface area (Å²) in [5.74, 6) is -1.60. The molecule has 7 nitrogen and oxygen atoms in total. The van der Waals surface area contributed by atoms with Crippen LogP contribution in [0.1, 0.15) is 24.2 Å². The van der Waals surface area contributed by atoms with Crippen molar-refractivity contribution in [2.75, 3.05) is 19.0 Å². The highest BCUT2D eigenvalue weighted by molar-refractivity contribution is 5.98. The van der Waals surface area contributed by atoms with Crippen LogP contribution >= 0.6 is 0 Å². The van der Waals surface area contributed by atoms with Crippen molar-refractivity contribution in [1.29, 1.82) is 0 Å². The van der Waals surface area contributed by atoms with Gasteiger partial charge in [-0.05, 0) is 31.5 Å². The third kappa shape index (κ3) is 6.49. The molecule has 0 aliphatic carbocycles. The van der Waals surface area contributed by atoms with E-state index in [1.54, 1.807) is 49.4 Å². The van der Waals surface area contributed by atoms with Crippen LogP contribution in [0.15, 0.2) is 60.7 Å². The second kappa shape index (κ2) is 10.7. The molecule has 0 radical (unpaired) electrons. The Kier molecular flexibility index (Phi) is 7.97. The first-order chi connectivity index (χ1) is 13.9. The molecule has 1 N–H and O–H groups in total. The lowest BCUT2D eigenvalue weighted by Crippen LogP contribution is -2.25. The summed E-state index contributed by atoms with van der Waals surface area (Å²) >= 11 is 0. The normalized spacial score (nSPS) is 11.6. The maximum Gasteiger partial charge on any atom is 0.332 e. The van der Waals surface area contributed by atoms with E-state index in [1.165, 1.54) is 7.11 Å². The molecule has 2 aromatic carbocycles. The second-order valence-corrected chi connectivity index (χ2v) is 6.01. The van der Waals surface area contributed by atoms with Crippen molar-refractivity contribution in [2.24, 2.45) is 0 Å². The van der Waals surface area contributed by atoms with Crippen molar-refractivity contribution in [3.63, 3.8) is 0 Å². The highest BCUT2D eigenvalue weighted by Crippen LogP contribution is 2.27. The number of esters is 2. The number of amides is 1. The van der Waals surface area contributed by atoms with Gasteiger partial charge in [-0.2, -0.15) is 0 Å². The molecule has 7 heteroatoms. The zero-order chi connectivity index (χ0) is 21.2. The lowest BCUT2D eigenvalue weighted by Gasteiger charge is -2.18. The molecule has 0 aliphatic rings. The van der Waals surface area contributed by atoms with Crippen LogP contribution in [-0.2, 0) is 23.9 Å². The van der Waals surface area contributed by atoms with Crippen LogP contribution in [0.25, 0.3) is 0 Å². The molecule has 0 aliphatic heterocycles. The minimum atomic E-state index is -1.22. The number of hydrogen-bond acceptors (Lipinski definition) is 6. The fourth-order valence-electron chi connectivity index (χ4n) is 2.50. The number of carbonyl (C=O) groups excluding carboxylic acids is 3. The van der Waals surface area contributed by atoms with Crippen LogP contribution in [-0.4, -0.2) is 31.6 Å². The molecular formula is C22H23NO6. The second-order valence-electron chi connectivity index (χ2n) is 6.01. The molecular weight excluding hydrogens is 374 g/mol. The van der Waals surface area contributed by atoms with Crippen LogP contribution in [0, 0.1) is 6.92 Å². The minimum Gasteiger partial charge on any atom is -0.495 e. The molecule has 2 aromatic rings. The number of benzene rings is 2. The minimum absolute atomic E-state index is 0.186. The topological polar surface area (TPSA) is 90.9 Å². The highest BCUT2D eigenvalue weighted by atomic mass is 16.5. The van der Waals surface area contributed by atoms with Gasteiger partial charge in [0, 0.05) is 17.7 Å². The first-order valence-electron chi connectivity index (χ1n) is 9.00. The van der Waals surface area contributed by atoms with E-state index in [0.29, 0.717) is 17.0 Å². The lowest BCUT2D eigenvalue weighted by molar-refractivity contribution is -0.150. The summed E-state index contributed by atoms with van der Waals surface area (Å²) in [6.45, 7) is 3.72. The first-order valence-corrected chi connectivity index (χ1v) is 9.00. The number of anilines is 1. The zero-order valence-electron chi connectivity index (χ0n) is 16.5. The third-order valence-electron chi connectivity index (χ3n) is 3.83. The molecule has 0 saturated carbocycles. The van der Waals surface area contributed by atoms with E-state index < -0.39 is 23.9 Å². The average Bonchev–Trinajstić information content (AvgIpc) is 2.71. The molecule has 0 heterocycles. The Hall–Kier alpha value is -3.61. The Morgan fingerprint density at radius 1 is 1.03 bits per heavy atom. The highest BCUT2D eigenvalue weighted by Gasteiger charge is 2.25. The number of methoxy groups -OCH3 is 1. The third-order valence-corrected chi connectivity index (χ3v) is 3.83. The summed E-state index contributed by atoms with van der Waals surface area (Å²) in [5.41, 5.74) is 1.86. The van der Waals surface area contributed by atoms with E-state index in [-0.39, 0.29) is 6.61 Å². The van der Waals surface area contributed by atoms with Gasteiger partial charge in [-0.3, -0.25) is 4.79 Å². The van der Waals surface area contributed by atoms with Gasteiger partial charge in [0.2, 0.25) is 6.10 Å². The lowest BCUT2D eigenvalue weighted by atomic mass is 10.1. The summed E-state index contributed by atoms with van der Waals surface area (Å²) in [5, 5.41) is 2.73. The molecule has 152 valence electrons. The SMILES string of the molecule is CCOC(=O)/C=C/C(=O)O[C@H](C(=O)Nc1cc(C)ccc1OC)c1ccccc1. The van der Waals surface area contributed by atoms with Gasteiger partial charge < -0.3 is 19.5 Å². The van der Waals surface area contributed by atoms with Crippen molar-refractivity contribution in [2.45, 2.75) is 20.0 Å². The van der Waals surface area contributed by atoms with E-state index in [4.69, 9.17) is 14.2 Å². The molecule has 0 bridgehead atoms. The van der Waals surface area contributed by atoms with Gasteiger partial charge >= 0.3 is 11.9 Å². The number of hydrogen-bond donors (Lipinski definition) is 1. The van der Waals surface area contributed by atoms with Gasteiger partial charge in [0.05, 0.1) is 19.4 Å². The predicted octanol–water partition coefficient (Wildman–Crippen LogP) is 3.35. The molecule has 1 atom stereocenters. The molecule has 29 heavy (non-hydrogen) atoms. The summed E-state index contributed by atoms with van der Waals surface area (Å²) in [7, 11) is 1.50. The molecule has 0 aromatic heterocycles. The fourth-order valence-corrected chi connectivity index (χ4v) is 2.50. The predicted molar refractivity (Wildman–Crippen MR) is 107 cm³/mol. The van der Waals surface area contributed by atoms with Gasteiger partial charge in [0.1, 0.15) is 5.75 Å². The average molecular weight is 397 g/mol. The Balaban J connectivity index is 2.22. The maximum atomic E-state index is 12.9. The summed E-state index contributed by atoms with van der Waals surface area (Å²) < 4.78 is 15.3. The Labute approximate surface area is 169 Å². The Morgan fingerprint density at radius 3 is 2.38 bits per heavy atom. The van der Waals surface area contributed by atoms with Gasteiger partial charge in [0.15, 0.2) is 0 Å². The van der Waals surface area contributed by atoms with Crippen LogP contribution in [0.5, 0.6) is 5.75 Å². The monoisotopic (exact) mass is 397 g/mol. The zero-order valence-corrected chi connectivity index (χ0v) is 16.5. The molecule has 0 spiro atoms. The van der Waals surface area contributed by atoms with Crippen LogP contribution in [0.3, 0.4) is 0 Å². The Bertz CT molecular complexity index is 891. The van der Waals surface area contributed by atoms with E-state index in [0.717, 1.165) is 17.7 Å². The van der Waals surface area contributed by atoms with E-state index in [2.05, 4.69) is 5.32 Å². The van der Waals surface area contributed by atoms with Crippen LogP contribution in [0.4, 0.5) is 5.69 Å². The van der Waals surface area contributed by atoms with Crippen LogP contribution in [0.2, 0.25) is 0 Å². The van der Waals surface area contributed by atoms with Crippen molar-refractivity contribution in [3.05, 3.63) is 71.8 Å². The van der Waals surface area contributed by atoms with E-state index in [9.17, 15) is 14.4 Å². The number of nitrogens with one attached hydrogen (secondary N) is 1. The smallest absolute Gasteiger partial charge is 0.332 e. The number of rotatable bonds is 8. The molecule has 2 rings (SSSR count). The summed E-state index contributed by atoms with van der Waals surface area (Å²) in [6.07, 6.45) is 0.657. The van der Waals surface area contributed by atoms with Crippen LogP contribution < -0.4 is 10.1 Å². The number of aryl methyl sites for hydroxylation is 1. The van der Waals surface area contributed by atoms with Gasteiger partial charge in [-0.1, -0.05) is 36.4 Å². The van der Waals surface area contributed by atoms with Crippen molar-refractivity contribution >= 4 is 23.5 Å². The van der Waals surface area contributed by atoms with E-state index >= 15 is 0 Å². The van der Waals surface area contributed by atoms with Crippen molar-refractivity contribution < 1.29 is 28.6 Å². The van der Waals surface area contributed by atoms with Gasteiger partial charge in [-0.15, -0.1) is 0 Å².